The van der Waals surface area contributed by atoms with Crippen LogP contribution in [-0.4, -0.2) is 0 Å². The van der Waals surface area contributed by atoms with Gasteiger partial charge in [0.1, 0.15) is 6.26 Å². The average molecular weight is 90.0 g/mol. The third-order valence-electron chi connectivity index (χ3n) is 0.288. The predicted octanol–water partition coefficient (Wildman–Crippen LogP) is 1.01. The van der Waals surface area contributed by atoms with E-state index in [4.69, 9.17) is 0 Å². The predicted molar refractivity (Wildman–Crippen MR) is 19.6 cm³/mol. The minimum Gasteiger partial charge on any atom is -0.342 e. The van der Waals surface area contributed by atoms with Gasteiger partial charge in [-0.2, -0.15) is 4.67 Å². The van der Waals surface area contributed by atoms with Gasteiger partial charge >= 0.3 is 0 Å². The lowest BCUT2D eigenvalue weighted by Crippen LogP contribution is -1.57. The molecule has 0 saturated heterocycles. The molecule has 0 aliphatic carbocycles. The van der Waals surface area contributed by atoms with Gasteiger partial charge in [0.15, 0.2) is 0 Å². The maximum Gasteiger partial charge on any atom is 0.132 e. The summed E-state index contributed by atoms with van der Waals surface area (Å²) in [6.45, 7) is 0. The SMILES string of the molecule is C1=CPOO1. The Kier molecular flexibility index (Phi) is 0.870. The highest BCUT2D eigenvalue weighted by atomic mass is 31.1. The Bertz CT molecular complexity index is 45.6. The van der Waals surface area contributed by atoms with Gasteiger partial charge in [0.25, 0.3) is 0 Å². The Morgan fingerprint density at radius 2 is 2.60 bits per heavy atom. The first kappa shape index (κ1) is 3.13. The molecule has 2 nitrogen and oxygen atoms in total. The summed E-state index contributed by atoms with van der Waals surface area (Å²) in [5.41, 5.74) is 0. The highest BCUT2D eigenvalue weighted by molar-refractivity contribution is 7.36. The van der Waals surface area contributed by atoms with Crippen LogP contribution in [0, 0.1) is 0 Å². The van der Waals surface area contributed by atoms with Crippen LogP contribution < -0.4 is 0 Å². The molecule has 1 rings (SSSR count). The third-order valence-corrected chi connectivity index (χ3v) is 0.752. The summed E-state index contributed by atoms with van der Waals surface area (Å²) in [6, 6.07) is 0. The molecule has 0 N–H and O–H groups in total. The van der Waals surface area contributed by atoms with Crippen molar-refractivity contribution in [1.29, 1.82) is 0 Å². The molecule has 0 aromatic heterocycles. The Hall–Kier alpha value is -0.0700. The lowest BCUT2D eigenvalue weighted by molar-refractivity contribution is -0.126. The Balaban J connectivity index is 2.32. The van der Waals surface area contributed by atoms with E-state index in [-0.39, 0.29) is 0 Å². The van der Waals surface area contributed by atoms with Gasteiger partial charge < -0.3 is 4.89 Å². The van der Waals surface area contributed by atoms with E-state index in [0.717, 1.165) is 0 Å². The summed E-state index contributed by atoms with van der Waals surface area (Å²) in [7, 11) is 0.406. The van der Waals surface area contributed by atoms with Crippen molar-refractivity contribution in [2.24, 2.45) is 0 Å². The van der Waals surface area contributed by atoms with Gasteiger partial charge in [-0.1, -0.05) is 0 Å². The molecule has 5 heavy (non-hydrogen) atoms. The van der Waals surface area contributed by atoms with Gasteiger partial charge in [-0.25, -0.2) is 0 Å². The van der Waals surface area contributed by atoms with E-state index in [1.807, 2.05) is 5.82 Å². The van der Waals surface area contributed by atoms with Gasteiger partial charge in [-0.15, -0.1) is 0 Å². The molecule has 0 aromatic rings. The fourth-order valence-corrected chi connectivity index (χ4v) is 0.417. The fourth-order valence-electron chi connectivity index (χ4n) is 0.139. The molecule has 0 spiro atoms. The third kappa shape index (κ3) is 0.602. The Morgan fingerprint density at radius 1 is 1.60 bits per heavy atom. The first-order chi connectivity index (χ1) is 2.50. The molecular weight excluding hydrogens is 87.0 g/mol. The second-order valence-corrected chi connectivity index (χ2v) is 1.34. The number of hydrogen-bond acceptors (Lipinski definition) is 2. The summed E-state index contributed by atoms with van der Waals surface area (Å²) < 4.78 is 4.36. The van der Waals surface area contributed by atoms with Crippen LogP contribution in [0.5, 0.6) is 0 Å². The summed E-state index contributed by atoms with van der Waals surface area (Å²) >= 11 is 0. The topological polar surface area (TPSA) is 18.5 Å². The standard InChI is InChI=1S/C2H3O2P/c1-2-5-4-3-1/h1-2,5H. The maximum atomic E-state index is 4.36. The van der Waals surface area contributed by atoms with Crippen LogP contribution in [0.1, 0.15) is 0 Å². The normalized spacial score (nSPS) is 24.0. The number of hydrogen-bond donors (Lipinski definition) is 0. The Morgan fingerprint density at radius 3 is 2.80 bits per heavy atom. The Labute approximate surface area is 31.6 Å². The molecule has 1 aliphatic rings. The number of rotatable bonds is 0. The minimum absolute atomic E-state index is 0.406. The van der Waals surface area contributed by atoms with E-state index in [2.05, 4.69) is 9.56 Å². The second-order valence-electron chi connectivity index (χ2n) is 0.600. The smallest absolute Gasteiger partial charge is 0.132 e. The van der Waals surface area contributed by atoms with Crippen molar-refractivity contribution in [2.75, 3.05) is 0 Å². The average Bonchev–Trinajstić information content (AvgIpc) is 1.76. The maximum absolute atomic E-state index is 4.36. The fraction of sp³-hybridized carbons (Fsp3) is 0. The lowest BCUT2D eigenvalue weighted by Gasteiger charge is -1.79. The largest absolute Gasteiger partial charge is 0.342 e. The van der Waals surface area contributed by atoms with Crippen molar-refractivity contribution in [3.63, 3.8) is 0 Å². The molecule has 1 aliphatic heterocycles. The highest BCUT2D eigenvalue weighted by Gasteiger charge is 1.84. The zero-order valence-electron chi connectivity index (χ0n) is 2.47. The lowest BCUT2D eigenvalue weighted by atomic mass is 11.2. The molecule has 0 radical (unpaired) electrons. The van der Waals surface area contributed by atoms with Gasteiger partial charge in [-0.05, 0) is 0 Å². The van der Waals surface area contributed by atoms with Gasteiger partial charge in [0.2, 0.25) is 0 Å². The molecule has 28 valence electrons. The van der Waals surface area contributed by atoms with E-state index in [9.17, 15) is 0 Å². The van der Waals surface area contributed by atoms with Crippen LogP contribution in [0.2, 0.25) is 0 Å². The van der Waals surface area contributed by atoms with Crippen LogP contribution in [0.4, 0.5) is 0 Å². The summed E-state index contributed by atoms with van der Waals surface area (Å²) in [5, 5.41) is 0. The van der Waals surface area contributed by atoms with E-state index in [0.29, 0.717) is 8.81 Å². The second kappa shape index (κ2) is 1.39. The van der Waals surface area contributed by atoms with Crippen molar-refractivity contribution >= 4 is 8.81 Å². The molecule has 1 unspecified atom stereocenters. The van der Waals surface area contributed by atoms with Crippen molar-refractivity contribution in [2.45, 2.75) is 0 Å². The molecule has 0 saturated carbocycles. The van der Waals surface area contributed by atoms with Crippen molar-refractivity contribution < 1.29 is 9.56 Å². The summed E-state index contributed by atoms with van der Waals surface area (Å²) in [6.07, 6.45) is 1.53. The van der Waals surface area contributed by atoms with Gasteiger partial charge in [0, 0.05) is 5.82 Å². The molecule has 3 heteroatoms. The summed E-state index contributed by atoms with van der Waals surface area (Å²) in [5.74, 6) is 1.82. The minimum atomic E-state index is 0.406. The quantitative estimate of drug-likeness (QED) is 0.326. The van der Waals surface area contributed by atoms with Crippen LogP contribution in [0.25, 0.3) is 0 Å². The molecule has 0 fully saturated rings. The van der Waals surface area contributed by atoms with E-state index in [1.165, 1.54) is 6.26 Å². The molecular formula is C2H3O2P. The molecule has 1 atom stereocenters. The first-order valence-electron chi connectivity index (χ1n) is 1.23. The molecule has 1 heterocycles. The van der Waals surface area contributed by atoms with Gasteiger partial charge in [0.05, 0.1) is 8.81 Å². The molecule has 0 bridgehead atoms. The zero-order chi connectivity index (χ0) is 3.54. The monoisotopic (exact) mass is 90.0 g/mol. The van der Waals surface area contributed by atoms with E-state index in [1.54, 1.807) is 0 Å². The highest BCUT2D eigenvalue weighted by Crippen LogP contribution is 2.19. The van der Waals surface area contributed by atoms with Crippen LogP contribution in [0.15, 0.2) is 12.1 Å². The van der Waals surface area contributed by atoms with E-state index >= 15 is 0 Å². The molecule has 0 amide bonds. The van der Waals surface area contributed by atoms with Crippen LogP contribution >= 0.6 is 8.81 Å². The summed E-state index contributed by atoms with van der Waals surface area (Å²) in [4.78, 5) is 4.28. The zero-order valence-corrected chi connectivity index (χ0v) is 3.47. The van der Waals surface area contributed by atoms with Crippen molar-refractivity contribution in [1.82, 2.24) is 0 Å². The van der Waals surface area contributed by atoms with E-state index < -0.39 is 0 Å². The molecule has 0 aromatic carbocycles. The van der Waals surface area contributed by atoms with Crippen LogP contribution in [0.3, 0.4) is 0 Å². The van der Waals surface area contributed by atoms with Crippen LogP contribution in [-0.2, 0) is 9.56 Å². The van der Waals surface area contributed by atoms with Gasteiger partial charge in [-0.3, -0.25) is 0 Å². The van der Waals surface area contributed by atoms with Crippen molar-refractivity contribution in [3.05, 3.63) is 12.1 Å². The van der Waals surface area contributed by atoms with Crippen molar-refractivity contribution in [3.8, 4) is 0 Å². The first-order valence-corrected chi connectivity index (χ1v) is 2.21.